The van der Waals surface area contributed by atoms with Gasteiger partial charge in [0.1, 0.15) is 5.58 Å². The maximum atomic E-state index is 7.29. The van der Waals surface area contributed by atoms with Gasteiger partial charge in [0, 0.05) is 22.0 Å². The molecule has 1 aliphatic rings. The van der Waals surface area contributed by atoms with Crippen LogP contribution in [0.3, 0.4) is 0 Å². The molecule has 0 saturated heterocycles. The predicted molar refractivity (Wildman–Crippen MR) is 263 cm³/mol. The van der Waals surface area contributed by atoms with Gasteiger partial charge in [-0.3, -0.25) is 0 Å². The summed E-state index contributed by atoms with van der Waals surface area (Å²) in [5, 5.41) is 9.79. The molecule has 62 heavy (non-hydrogen) atoms. The minimum atomic E-state index is 0.520. The van der Waals surface area contributed by atoms with Crippen molar-refractivity contribution in [2.45, 2.75) is 38.0 Å². The van der Waals surface area contributed by atoms with Crippen LogP contribution in [-0.4, -0.2) is 0 Å². The molecule has 10 aromatic carbocycles. The van der Waals surface area contributed by atoms with E-state index in [9.17, 15) is 0 Å². The fraction of sp³-hybridized carbons (Fsp3) is 0.100. The molecule has 0 spiro atoms. The number of fused-ring (bicyclic) bond motifs is 7. The summed E-state index contributed by atoms with van der Waals surface area (Å²) in [5.74, 6) is 0.520. The van der Waals surface area contributed by atoms with Crippen LogP contribution in [-0.2, 0) is 0 Å². The first kappa shape index (κ1) is 36.4. The first-order valence-corrected chi connectivity index (χ1v) is 22.2. The van der Waals surface area contributed by atoms with Gasteiger partial charge in [0.2, 0.25) is 0 Å². The second-order valence-corrected chi connectivity index (χ2v) is 17.1. The Hall–Kier alpha value is -7.42. The summed E-state index contributed by atoms with van der Waals surface area (Å²) in [7, 11) is 0. The molecule has 1 saturated carbocycles. The van der Waals surface area contributed by atoms with E-state index in [1.807, 2.05) is 0 Å². The third-order valence-electron chi connectivity index (χ3n) is 13.4. The molecule has 296 valence electrons. The number of para-hydroxylation sites is 2. The van der Waals surface area contributed by atoms with Gasteiger partial charge in [-0.2, -0.15) is 0 Å². The Morgan fingerprint density at radius 1 is 0.371 bits per heavy atom. The molecular weight excluding hydrogens is 751 g/mol. The van der Waals surface area contributed by atoms with Crippen molar-refractivity contribution >= 4 is 71.3 Å². The van der Waals surface area contributed by atoms with Crippen LogP contribution in [0.5, 0.6) is 0 Å². The molecule has 1 heterocycles. The standard InChI is InChI=1S/C60H45NO/c1-3-15-42(16-4-1)52-21-11-12-25-56(52)61(57-39-50-20-9-10-22-53(50)58-55-24-13-23-54(59(55)62-60(57)58)43-17-5-2-6-18-43)51-34-32-41(33-35-51)45-28-29-48-38-49(31-30-47(48)37-45)46-27-26-40-14-7-8-19-44(40)36-46/h1,3-4,7-16,19-39,43H,2,5-6,17-18H2. The van der Waals surface area contributed by atoms with Crippen LogP contribution >= 0.6 is 0 Å². The number of hydrogen-bond acceptors (Lipinski definition) is 2. The fourth-order valence-electron chi connectivity index (χ4n) is 10.3. The Bertz CT molecular complexity index is 3440. The smallest absolute Gasteiger partial charge is 0.160 e. The van der Waals surface area contributed by atoms with Gasteiger partial charge in [0.25, 0.3) is 0 Å². The van der Waals surface area contributed by atoms with Crippen molar-refractivity contribution in [2.75, 3.05) is 4.90 Å². The highest BCUT2D eigenvalue weighted by Gasteiger charge is 2.26. The summed E-state index contributed by atoms with van der Waals surface area (Å²) in [6, 6.07) is 75.6. The highest BCUT2D eigenvalue weighted by atomic mass is 16.3. The van der Waals surface area contributed by atoms with E-state index in [0.29, 0.717) is 5.92 Å². The van der Waals surface area contributed by atoms with Gasteiger partial charge in [-0.25, -0.2) is 0 Å². The number of benzene rings is 10. The number of nitrogens with zero attached hydrogens (tertiary/aromatic N) is 1. The maximum absolute atomic E-state index is 7.29. The summed E-state index contributed by atoms with van der Waals surface area (Å²) in [6.07, 6.45) is 6.32. The lowest BCUT2D eigenvalue weighted by atomic mass is 9.83. The van der Waals surface area contributed by atoms with Crippen LogP contribution < -0.4 is 4.90 Å². The molecule has 11 aromatic rings. The largest absolute Gasteiger partial charge is 0.454 e. The number of furan rings is 1. The Labute approximate surface area is 362 Å². The lowest BCUT2D eigenvalue weighted by Crippen LogP contribution is -2.11. The first-order chi connectivity index (χ1) is 30.7. The number of rotatable bonds is 7. The molecule has 0 radical (unpaired) electrons. The van der Waals surface area contributed by atoms with E-state index < -0.39 is 0 Å². The Morgan fingerprint density at radius 3 is 1.71 bits per heavy atom. The third-order valence-corrected chi connectivity index (χ3v) is 13.4. The monoisotopic (exact) mass is 795 g/mol. The molecule has 2 heteroatoms. The van der Waals surface area contributed by atoms with Crippen molar-refractivity contribution < 1.29 is 4.42 Å². The van der Waals surface area contributed by atoms with Gasteiger partial charge in [0.05, 0.1) is 11.4 Å². The van der Waals surface area contributed by atoms with Crippen molar-refractivity contribution in [3.63, 3.8) is 0 Å². The van der Waals surface area contributed by atoms with Gasteiger partial charge in [-0.15, -0.1) is 0 Å². The number of anilines is 3. The average Bonchev–Trinajstić information content (AvgIpc) is 3.75. The van der Waals surface area contributed by atoms with Crippen LogP contribution in [0.25, 0.3) is 87.6 Å². The topological polar surface area (TPSA) is 16.4 Å². The minimum Gasteiger partial charge on any atom is -0.454 e. The highest BCUT2D eigenvalue weighted by molar-refractivity contribution is 6.23. The van der Waals surface area contributed by atoms with Crippen LogP contribution in [0.15, 0.2) is 211 Å². The molecule has 2 nitrogen and oxygen atoms in total. The van der Waals surface area contributed by atoms with Crippen LogP contribution in [0.2, 0.25) is 0 Å². The van der Waals surface area contributed by atoms with Crippen LogP contribution in [0.4, 0.5) is 17.1 Å². The molecule has 0 N–H and O–H groups in total. The van der Waals surface area contributed by atoms with Gasteiger partial charge in [-0.1, -0.05) is 183 Å². The molecule has 0 atom stereocenters. The van der Waals surface area contributed by atoms with E-state index in [1.54, 1.807) is 0 Å². The molecule has 0 aliphatic heterocycles. The minimum absolute atomic E-state index is 0.520. The lowest BCUT2D eigenvalue weighted by Gasteiger charge is -2.28. The summed E-state index contributed by atoms with van der Waals surface area (Å²) < 4.78 is 7.29. The quantitative estimate of drug-likeness (QED) is 0.160. The Morgan fingerprint density at radius 2 is 0.952 bits per heavy atom. The molecule has 1 fully saturated rings. The van der Waals surface area contributed by atoms with E-state index in [2.05, 4.69) is 211 Å². The van der Waals surface area contributed by atoms with Gasteiger partial charge in [0.15, 0.2) is 5.58 Å². The van der Waals surface area contributed by atoms with Gasteiger partial charge < -0.3 is 9.32 Å². The van der Waals surface area contributed by atoms with Crippen molar-refractivity contribution in [2.24, 2.45) is 0 Å². The maximum Gasteiger partial charge on any atom is 0.160 e. The third kappa shape index (κ3) is 6.34. The molecule has 0 unspecified atom stereocenters. The van der Waals surface area contributed by atoms with E-state index in [1.165, 1.54) is 109 Å². The Kier molecular flexibility index (Phi) is 8.96. The van der Waals surface area contributed by atoms with Crippen LogP contribution in [0.1, 0.15) is 43.6 Å². The van der Waals surface area contributed by atoms with Crippen molar-refractivity contribution in [1.82, 2.24) is 0 Å². The zero-order valence-corrected chi connectivity index (χ0v) is 34.6. The summed E-state index contributed by atoms with van der Waals surface area (Å²) in [4.78, 5) is 2.43. The first-order valence-electron chi connectivity index (χ1n) is 22.2. The zero-order chi connectivity index (χ0) is 41.0. The molecular formula is C60H45NO. The molecule has 0 bridgehead atoms. The zero-order valence-electron chi connectivity index (χ0n) is 34.6. The van der Waals surface area contributed by atoms with Crippen LogP contribution in [0, 0.1) is 0 Å². The second-order valence-electron chi connectivity index (χ2n) is 17.1. The second kappa shape index (κ2) is 15.2. The van der Waals surface area contributed by atoms with E-state index in [0.717, 1.165) is 33.8 Å². The molecule has 1 aromatic heterocycles. The van der Waals surface area contributed by atoms with E-state index >= 15 is 0 Å². The molecule has 0 amide bonds. The average molecular weight is 796 g/mol. The van der Waals surface area contributed by atoms with Gasteiger partial charge >= 0.3 is 0 Å². The van der Waals surface area contributed by atoms with Gasteiger partial charge in [-0.05, 0) is 127 Å². The SMILES string of the molecule is c1ccc(-c2ccccc2N(c2ccc(-c3ccc4cc(-c5ccc6ccccc6c5)ccc4c3)cc2)c2cc3ccccc3c3c2oc2c(C4CCCCC4)cccc23)cc1. The van der Waals surface area contributed by atoms with Crippen molar-refractivity contribution in [3.8, 4) is 33.4 Å². The Balaban J connectivity index is 1.00. The summed E-state index contributed by atoms with van der Waals surface area (Å²) >= 11 is 0. The normalized spacial score (nSPS) is 13.4. The molecule has 12 rings (SSSR count). The fourth-order valence-corrected chi connectivity index (χ4v) is 10.3. The van der Waals surface area contributed by atoms with E-state index in [-0.39, 0.29) is 0 Å². The van der Waals surface area contributed by atoms with E-state index in [4.69, 9.17) is 4.42 Å². The van der Waals surface area contributed by atoms with Crippen molar-refractivity contribution in [3.05, 3.63) is 212 Å². The van der Waals surface area contributed by atoms with Crippen molar-refractivity contribution in [1.29, 1.82) is 0 Å². The summed E-state index contributed by atoms with van der Waals surface area (Å²) in [6.45, 7) is 0. The molecule has 1 aliphatic carbocycles. The summed E-state index contributed by atoms with van der Waals surface area (Å²) in [5.41, 5.74) is 13.7. The highest BCUT2D eigenvalue weighted by Crippen LogP contribution is 2.49. The lowest BCUT2D eigenvalue weighted by molar-refractivity contribution is 0.442. The number of hydrogen-bond donors (Lipinski definition) is 0. The predicted octanol–water partition coefficient (Wildman–Crippen LogP) is 17.6.